The number of ether oxygens (including phenoxy) is 1. The topological polar surface area (TPSA) is 55.4 Å². The average molecular weight is 380 g/mol. The molecule has 5 heteroatoms. The number of esters is 1. The van der Waals surface area contributed by atoms with Crippen molar-refractivity contribution in [2.75, 3.05) is 6.61 Å². The summed E-state index contributed by atoms with van der Waals surface area (Å²) in [5.41, 5.74) is -0.0770. The maximum Gasteiger partial charge on any atom is 0.328 e. The highest BCUT2D eigenvalue weighted by molar-refractivity contribution is 5.96. The number of carbonyl (C=O) groups is 2. The van der Waals surface area contributed by atoms with E-state index in [1.165, 1.54) is 63.1 Å². The summed E-state index contributed by atoms with van der Waals surface area (Å²) in [4.78, 5) is 23.9. The summed E-state index contributed by atoms with van der Waals surface area (Å²) >= 11 is 0. The van der Waals surface area contributed by atoms with E-state index in [1.54, 1.807) is 13.0 Å². The second kappa shape index (κ2) is 14.2. The molecule has 1 atom stereocenters. The third-order valence-corrected chi connectivity index (χ3v) is 4.56. The summed E-state index contributed by atoms with van der Waals surface area (Å²) in [6.07, 6.45) is 12.2. The van der Waals surface area contributed by atoms with Gasteiger partial charge in [-0.1, -0.05) is 76.8 Å². The summed E-state index contributed by atoms with van der Waals surface area (Å²) in [6.45, 7) is 4.12. The Kier molecular flexibility index (Phi) is 12.2. The van der Waals surface area contributed by atoms with Crippen LogP contribution in [0.1, 0.15) is 88.4 Å². The number of halogens is 1. The van der Waals surface area contributed by atoms with Gasteiger partial charge in [0.05, 0.1) is 12.2 Å². The van der Waals surface area contributed by atoms with Crippen molar-refractivity contribution in [2.45, 2.75) is 84.1 Å². The molecule has 1 N–H and O–H groups in total. The fraction of sp³-hybridized carbons (Fsp3) is 0.636. The Bertz CT molecular complexity index is 562. The van der Waals surface area contributed by atoms with Gasteiger partial charge in [-0.2, -0.15) is 0 Å². The molecule has 1 rings (SSSR count). The van der Waals surface area contributed by atoms with Crippen LogP contribution in [0.4, 0.5) is 4.39 Å². The van der Waals surface area contributed by atoms with Crippen molar-refractivity contribution in [2.24, 2.45) is 0 Å². The zero-order chi connectivity index (χ0) is 19.9. The molecule has 0 aliphatic rings. The van der Waals surface area contributed by atoms with Crippen LogP contribution in [0.25, 0.3) is 0 Å². The van der Waals surface area contributed by atoms with E-state index in [-0.39, 0.29) is 5.56 Å². The summed E-state index contributed by atoms with van der Waals surface area (Å²) in [7, 11) is 0. The van der Waals surface area contributed by atoms with Gasteiger partial charge in [-0.15, -0.1) is 0 Å². The molecule has 0 fully saturated rings. The second-order valence-electron chi connectivity index (χ2n) is 7.02. The average Bonchev–Trinajstić information content (AvgIpc) is 2.66. The number of nitrogens with one attached hydrogen (secondary N) is 1. The van der Waals surface area contributed by atoms with Gasteiger partial charge in [-0.3, -0.25) is 4.79 Å². The first kappa shape index (κ1) is 23.1. The van der Waals surface area contributed by atoms with Crippen LogP contribution in [0.3, 0.4) is 0 Å². The van der Waals surface area contributed by atoms with Gasteiger partial charge >= 0.3 is 5.97 Å². The SMILES string of the molecule is CCCCCCCCCCCCOC(=O)C(C)NC(=O)c1ccccc1F. The molecule has 1 aromatic rings. The zero-order valence-electron chi connectivity index (χ0n) is 16.8. The second-order valence-corrected chi connectivity index (χ2v) is 7.02. The van der Waals surface area contributed by atoms with E-state index in [0.29, 0.717) is 6.61 Å². The highest BCUT2D eigenvalue weighted by Crippen LogP contribution is 2.11. The van der Waals surface area contributed by atoms with Gasteiger partial charge in [0.1, 0.15) is 11.9 Å². The number of unbranched alkanes of at least 4 members (excludes halogenated alkanes) is 9. The number of hydrogen-bond acceptors (Lipinski definition) is 3. The predicted octanol–water partition coefficient (Wildman–Crippen LogP) is 5.41. The van der Waals surface area contributed by atoms with Crippen LogP contribution in [-0.4, -0.2) is 24.5 Å². The summed E-state index contributed by atoms with van der Waals surface area (Å²) in [5.74, 6) is -1.71. The lowest BCUT2D eigenvalue weighted by atomic mass is 10.1. The molecule has 0 aromatic heterocycles. The largest absolute Gasteiger partial charge is 0.464 e. The maximum absolute atomic E-state index is 13.6. The van der Waals surface area contributed by atoms with E-state index in [4.69, 9.17) is 4.74 Å². The molecule has 152 valence electrons. The molecule has 0 heterocycles. The first-order valence-corrected chi connectivity index (χ1v) is 10.3. The summed E-state index contributed by atoms with van der Waals surface area (Å²) in [5, 5.41) is 2.47. The molecule has 0 saturated heterocycles. The van der Waals surface area contributed by atoms with Crippen molar-refractivity contribution in [3.05, 3.63) is 35.6 Å². The van der Waals surface area contributed by atoms with Gasteiger partial charge in [0.15, 0.2) is 0 Å². The van der Waals surface area contributed by atoms with E-state index < -0.39 is 23.7 Å². The minimum absolute atomic E-state index is 0.0770. The number of carbonyl (C=O) groups excluding carboxylic acids is 2. The summed E-state index contributed by atoms with van der Waals surface area (Å²) < 4.78 is 18.8. The highest BCUT2D eigenvalue weighted by Gasteiger charge is 2.19. The Balaban J connectivity index is 2.07. The van der Waals surface area contributed by atoms with Crippen LogP contribution in [0.5, 0.6) is 0 Å². The molecule has 0 aliphatic heterocycles. The van der Waals surface area contributed by atoms with Crippen molar-refractivity contribution in [1.82, 2.24) is 5.32 Å². The fourth-order valence-electron chi connectivity index (χ4n) is 2.87. The van der Waals surface area contributed by atoms with Gasteiger partial charge in [-0.25, -0.2) is 9.18 Å². The molecular formula is C22H34FNO3. The monoisotopic (exact) mass is 379 g/mol. The van der Waals surface area contributed by atoms with Crippen LogP contribution >= 0.6 is 0 Å². The van der Waals surface area contributed by atoms with Gasteiger partial charge < -0.3 is 10.1 Å². The number of benzene rings is 1. The van der Waals surface area contributed by atoms with E-state index in [2.05, 4.69) is 12.2 Å². The third-order valence-electron chi connectivity index (χ3n) is 4.56. The lowest BCUT2D eigenvalue weighted by molar-refractivity contribution is -0.145. The van der Waals surface area contributed by atoms with Crippen molar-refractivity contribution in [1.29, 1.82) is 0 Å². The Morgan fingerprint density at radius 1 is 0.963 bits per heavy atom. The van der Waals surface area contributed by atoms with Crippen LogP contribution in [-0.2, 0) is 9.53 Å². The van der Waals surface area contributed by atoms with Crippen molar-refractivity contribution in [3.63, 3.8) is 0 Å². The molecule has 4 nitrogen and oxygen atoms in total. The lowest BCUT2D eigenvalue weighted by Gasteiger charge is -2.13. The molecule has 0 aliphatic carbocycles. The molecule has 0 spiro atoms. The van der Waals surface area contributed by atoms with Crippen LogP contribution in [0.2, 0.25) is 0 Å². The van der Waals surface area contributed by atoms with Crippen molar-refractivity contribution < 1.29 is 18.7 Å². The van der Waals surface area contributed by atoms with Gasteiger partial charge in [0.2, 0.25) is 0 Å². The number of hydrogen-bond donors (Lipinski definition) is 1. The van der Waals surface area contributed by atoms with Gasteiger partial charge in [0, 0.05) is 0 Å². The molecule has 27 heavy (non-hydrogen) atoms. The summed E-state index contributed by atoms with van der Waals surface area (Å²) in [6, 6.07) is 4.87. The van der Waals surface area contributed by atoms with E-state index in [0.717, 1.165) is 19.3 Å². The molecule has 0 radical (unpaired) electrons. The number of rotatable bonds is 14. The van der Waals surface area contributed by atoms with Crippen molar-refractivity contribution >= 4 is 11.9 Å². The van der Waals surface area contributed by atoms with Gasteiger partial charge in [0.25, 0.3) is 5.91 Å². The molecule has 1 unspecified atom stereocenters. The quantitative estimate of drug-likeness (QED) is 0.347. The first-order valence-electron chi connectivity index (χ1n) is 10.3. The first-order chi connectivity index (χ1) is 13.1. The molecule has 0 saturated carbocycles. The van der Waals surface area contributed by atoms with E-state index in [1.807, 2.05) is 0 Å². The minimum atomic E-state index is -0.805. The van der Waals surface area contributed by atoms with Crippen LogP contribution in [0.15, 0.2) is 24.3 Å². The Morgan fingerprint density at radius 2 is 1.52 bits per heavy atom. The Hall–Kier alpha value is -1.91. The normalized spacial score (nSPS) is 11.8. The molecule has 1 aromatic carbocycles. The number of amides is 1. The smallest absolute Gasteiger partial charge is 0.328 e. The Morgan fingerprint density at radius 3 is 2.11 bits per heavy atom. The zero-order valence-corrected chi connectivity index (χ0v) is 16.8. The lowest BCUT2D eigenvalue weighted by Crippen LogP contribution is -2.40. The fourth-order valence-corrected chi connectivity index (χ4v) is 2.87. The van der Waals surface area contributed by atoms with E-state index in [9.17, 15) is 14.0 Å². The standard InChI is InChI=1S/C22H34FNO3/c1-3-4-5-6-7-8-9-10-11-14-17-27-22(26)18(2)24-21(25)19-15-12-13-16-20(19)23/h12-13,15-16,18H,3-11,14,17H2,1-2H3,(H,24,25). The molecular weight excluding hydrogens is 345 g/mol. The van der Waals surface area contributed by atoms with Crippen molar-refractivity contribution in [3.8, 4) is 0 Å². The predicted molar refractivity (Wildman–Crippen MR) is 106 cm³/mol. The molecule has 1 amide bonds. The Labute approximate surface area is 162 Å². The van der Waals surface area contributed by atoms with Crippen LogP contribution in [0, 0.1) is 5.82 Å². The highest BCUT2D eigenvalue weighted by atomic mass is 19.1. The third kappa shape index (κ3) is 10.1. The maximum atomic E-state index is 13.6. The molecule has 0 bridgehead atoms. The van der Waals surface area contributed by atoms with E-state index >= 15 is 0 Å². The van der Waals surface area contributed by atoms with Gasteiger partial charge in [-0.05, 0) is 25.5 Å². The minimum Gasteiger partial charge on any atom is -0.464 e. The van der Waals surface area contributed by atoms with Crippen LogP contribution < -0.4 is 5.32 Å².